The second-order valence-electron chi connectivity index (χ2n) is 27.0. The van der Waals surface area contributed by atoms with Gasteiger partial charge in [-0.25, -0.2) is 0 Å². The molecule has 8 nitrogen and oxygen atoms in total. The predicted molar refractivity (Wildman–Crippen MR) is 362 cm³/mol. The predicted octanol–water partition coefficient (Wildman–Crippen LogP) is 23.2. The molecule has 0 aromatic carbocycles. The van der Waals surface area contributed by atoms with E-state index >= 15 is 0 Å². The van der Waals surface area contributed by atoms with Gasteiger partial charge in [-0.1, -0.05) is 366 Å². The number of likely N-dealkylation sites (N-methyl/N-ethyl adjacent to an activating group) is 1. The third-order valence-corrected chi connectivity index (χ3v) is 18.4. The molecular weight excluding hydrogens is 1040 g/mol. The van der Waals surface area contributed by atoms with E-state index < -0.39 is 20.0 Å². The maximum atomic E-state index is 13.1. The number of rotatable bonds is 70. The van der Waals surface area contributed by atoms with Crippen molar-refractivity contribution in [1.29, 1.82) is 0 Å². The van der Waals surface area contributed by atoms with Crippen LogP contribution >= 0.6 is 7.82 Å². The van der Waals surface area contributed by atoms with Gasteiger partial charge in [0, 0.05) is 6.42 Å². The second-order valence-corrected chi connectivity index (χ2v) is 28.4. The lowest BCUT2D eigenvalue weighted by molar-refractivity contribution is -0.870. The van der Waals surface area contributed by atoms with E-state index in [2.05, 4.69) is 43.5 Å². The van der Waals surface area contributed by atoms with Gasteiger partial charge in [-0.05, 0) is 44.9 Å². The molecule has 0 bridgehead atoms. The summed E-state index contributed by atoms with van der Waals surface area (Å²) in [6.45, 7) is 4.77. The topological polar surface area (TPSA) is 108 Å². The minimum atomic E-state index is -4.58. The highest BCUT2D eigenvalue weighted by molar-refractivity contribution is 7.45. The van der Waals surface area contributed by atoms with E-state index in [1.165, 1.54) is 321 Å². The number of unbranched alkanes of at least 4 members (excludes halogenated alkanes) is 53. The van der Waals surface area contributed by atoms with Crippen molar-refractivity contribution < 1.29 is 32.9 Å². The molecular formula is C74H147N2O6P. The molecule has 3 atom stereocenters. The van der Waals surface area contributed by atoms with Crippen molar-refractivity contribution in [3.05, 3.63) is 24.3 Å². The minimum Gasteiger partial charge on any atom is -0.756 e. The summed E-state index contributed by atoms with van der Waals surface area (Å²) in [4.78, 5) is 25.7. The number of aliphatic hydroxyl groups is 1. The highest BCUT2D eigenvalue weighted by atomic mass is 31.2. The standard InChI is InChI=1S/C74H147N2O6P/c1-6-8-10-12-14-16-18-20-22-24-26-28-29-30-31-32-33-34-35-36-37-38-39-40-41-42-43-44-45-46-47-48-50-52-54-56-58-60-62-64-66-68-74(78)75-72(71-82-83(79,80)81-70-69-76(3,4)5)73(77)67-65-63-61-59-57-55-53-51-49-27-25-23-21-19-17-15-13-11-9-7-2/h18,20,24,26,72-73,77H,6-17,19,21-23,25,27-71H2,1-5H3,(H-,75,78,79,80)/b20-18-,26-24-. The Morgan fingerprint density at radius 3 is 1.00 bits per heavy atom. The SMILES string of the molecule is CCCCCCC/C=C\C/C=C\CCCCCCCCCCCCCCCCCCCCCCCCCCCCCCCC(=O)NC(COP(=O)([O-])OCC[N+](C)(C)C)C(O)CCCCCCCCCCCCCCCCCCCCCC. The van der Waals surface area contributed by atoms with Gasteiger partial charge in [0.15, 0.2) is 0 Å². The monoisotopic (exact) mass is 1190 g/mol. The summed E-state index contributed by atoms with van der Waals surface area (Å²) in [6.07, 6.45) is 85.7. The van der Waals surface area contributed by atoms with Crippen LogP contribution in [-0.2, 0) is 18.4 Å². The van der Waals surface area contributed by atoms with Gasteiger partial charge in [-0.2, -0.15) is 0 Å². The van der Waals surface area contributed by atoms with Crippen LogP contribution in [0.3, 0.4) is 0 Å². The number of phosphoric acid groups is 1. The van der Waals surface area contributed by atoms with Gasteiger partial charge in [-0.15, -0.1) is 0 Å². The van der Waals surface area contributed by atoms with Gasteiger partial charge in [-0.3, -0.25) is 9.36 Å². The normalized spacial score (nSPS) is 13.7. The molecule has 9 heteroatoms. The Balaban J connectivity index is 3.85. The first-order valence-corrected chi connectivity index (χ1v) is 38.6. The molecule has 0 aromatic heterocycles. The summed E-state index contributed by atoms with van der Waals surface area (Å²) in [5, 5.41) is 14.1. The van der Waals surface area contributed by atoms with E-state index in [9.17, 15) is 19.4 Å². The molecule has 0 aromatic rings. The summed E-state index contributed by atoms with van der Waals surface area (Å²) >= 11 is 0. The van der Waals surface area contributed by atoms with Crippen LogP contribution in [0.2, 0.25) is 0 Å². The number of carbonyl (C=O) groups excluding carboxylic acids is 1. The Hall–Kier alpha value is -1.02. The highest BCUT2D eigenvalue weighted by Gasteiger charge is 2.24. The van der Waals surface area contributed by atoms with E-state index in [-0.39, 0.29) is 19.1 Å². The number of hydrogen-bond donors (Lipinski definition) is 2. The zero-order valence-electron chi connectivity index (χ0n) is 56.7. The smallest absolute Gasteiger partial charge is 0.268 e. The molecule has 2 N–H and O–H groups in total. The molecule has 0 aliphatic rings. The molecule has 0 aliphatic carbocycles. The summed E-state index contributed by atoms with van der Waals surface area (Å²) in [7, 11) is 1.33. The van der Waals surface area contributed by atoms with E-state index in [4.69, 9.17) is 9.05 Å². The van der Waals surface area contributed by atoms with Crippen LogP contribution in [0.4, 0.5) is 0 Å². The minimum absolute atomic E-state index is 0.0158. The quantitative estimate of drug-likeness (QED) is 0.0272. The van der Waals surface area contributed by atoms with Gasteiger partial charge in [0.25, 0.3) is 7.82 Å². The number of carbonyl (C=O) groups is 1. The number of quaternary nitrogens is 1. The van der Waals surface area contributed by atoms with Crippen molar-refractivity contribution in [3.63, 3.8) is 0 Å². The summed E-state index contributed by atoms with van der Waals surface area (Å²) < 4.78 is 23.5. The van der Waals surface area contributed by atoms with Gasteiger partial charge < -0.3 is 28.8 Å². The summed E-state index contributed by atoms with van der Waals surface area (Å²) in [6, 6.07) is -0.798. The zero-order chi connectivity index (χ0) is 60.5. The molecule has 0 saturated heterocycles. The maximum Gasteiger partial charge on any atom is 0.268 e. The highest BCUT2D eigenvalue weighted by Crippen LogP contribution is 2.38. The number of nitrogens with one attached hydrogen (secondary N) is 1. The number of phosphoric ester groups is 1. The Kier molecular flexibility index (Phi) is 64.6. The van der Waals surface area contributed by atoms with Gasteiger partial charge in [0.2, 0.25) is 5.91 Å². The number of amides is 1. The van der Waals surface area contributed by atoms with Crippen LogP contribution < -0.4 is 10.2 Å². The van der Waals surface area contributed by atoms with Crippen molar-refractivity contribution in [1.82, 2.24) is 5.32 Å². The van der Waals surface area contributed by atoms with Crippen LogP contribution in [-0.4, -0.2) is 68.5 Å². The van der Waals surface area contributed by atoms with Crippen molar-refractivity contribution in [2.75, 3.05) is 40.9 Å². The Labute approximate surface area is 519 Å². The first-order chi connectivity index (χ1) is 40.5. The molecule has 83 heavy (non-hydrogen) atoms. The lowest BCUT2D eigenvalue weighted by Crippen LogP contribution is -2.46. The van der Waals surface area contributed by atoms with Crippen molar-refractivity contribution in [2.24, 2.45) is 0 Å². The third kappa shape index (κ3) is 68.3. The largest absolute Gasteiger partial charge is 0.756 e. The van der Waals surface area contributed by atoms with E-state index in [0.29, 0.717) is 23.9 Å². The first kappa shape index (κ1) is 82.0. The lowest BCUT2D eigenvalue weighted by atomic mass is 10.0. The van der Waals surface area contributed by atoms with Gasteiger partial charge in [0.05, 0.1) is 39.9 Å². The molecule has 0 aliphatic heterocycles. The fourth-order valence-electron chi connectivity index (χ4n) is 11.7. The molecule has 0 rings (SSSR count). The summed E-state index contributed by atoms with van der Waals surface area (Å²) in [5.41, 5.74) is 0. The number of hydrogen-bond acceptors (Lipinski definition) is 6. The Bertz CT molecular complexity index is 1400. The lowest BCUT2D eigenvalue weighted by Gasteiger charge is -2.30. The average Bonchev–Trinajstić information content (AvgIpc) is 3.49. The fourth-order valence-corrected chi connectivity index (χ4v) is 12.4. The molecule has 3 unspecified atom stereocenters. The number of aliphatic hydroxyl groups excluding tert-OH is 1. The molecule has 0 heterocycles. The Morgan fingerprint density at radius 1 is 0.422 bits per heavy atom. The molecule has 0 saturated carbocycles. The molecule has 0 radical (unpaired) electrons. The van der Waals surface area contributed by atoms with E-state index in [1.807, 2.05) is 21.1 Å². The van der Waals surface area contributed by atoms with Gasteiger partial charge in [0.1, 0.15) is 13.2 Å². The second kappa shape index (κ2) is 65.4. The van der Waals surface area contributed by atoms with Crippen LogP contribution in [0, 0.1) is 0 Å². The molecule has 494 valence electrons. The number of allylic oxidation sites excluding steroid dienone is 4. The molecule has 0 fully saturated rings. The molecule has 1 amide bonds. The average molecular weight is 1190 g/mol. The van der Waals surface area contributed by atoms with Crippen LogP contribution in [0.1, 0.15) is 393 Å². The van der Waals surface area contributed by atoms with Crippen LogP contribution in [0.15, 0.2) is 24.3 Å². The number of nitrogens with zero attached hydrogens (tertiary/aromatic N) is 1. The first-order valence-electron chi connectivity index (χ1n) is 37.2. The summed E-state index contributed by atoms with van der Waals surface area (Å²) in [5.74, 6) is -0.155. The maximum absolute atomic E-state index is 13.1. The molecule has 0 spiro atoms. The fraction of sp³-hybridized carbons (Fsp3) is 0.932. The van der Waals surface area contributed by atoms with E-state index in [0.717, 1.165) is 44.9 Å². The van der Waals surface area contributed by atoms with Crippen molar-refractivity contribution in [3.8, 4) is 0 Å². The zero-order valence-corrected chi connectivity index (χ0v) is 57.6. The van der Waals surface area contributed by atoms with Crippen molar-refractivity contribution in [2.45, 2.75) is 405 Å². The Morgan fingerprint density at radius 2 is 0.699 bits per heavy atom. The van der Waals surface area contributed by atoms with Crippen LogP contribution in [0.5, 0.6) is 0 Å². The van der Waals surface area contributed by atoms with Gasteiger partial charge >= 0.3 is 0 Å². The third-order valence-electron chi connectivity index (χ3n) is 17.4. The van der Waals surface area contributed by atoms with Crippen LogP contribution in [0.25, 0.3) is 0 Å². The van der Waals surface area contributed by atoms with E-state index in [1.54, 1.807) is 0 Å². The van der Waals surface area contributed by atoms with Crippen molar-refractivity contribution >= 4 is 13.7 Å².